The maximum absolute atomic E-state index is 4.25. The molecule has 0 atom stereocenters. The van der Waals surface area contributed by atoms with Crippen molar-refractivity contribution >= 4 is 0 Å². The van der Waals surface area contributed by atoms with Crippen LogP contribution in [0.2, 0.25) is 0 Å². The summed E-state index contributed by atoms with van der Waals surface area (Å²) in [6.45, 7) is 23.0. The van der Waals surface area contributed by atoms with E-state index in [-0.39, 0.29) is 5.41 Å². The quantitative estimate of drug-likeness (QED) is 0.511. The number of hydrogen-bond donors (Lipinski definition) is 0. The first kappa shape index (κ1) is 18.8. The van der Waals surface area contributed by atoms with Gasteiger partial charge in [0.1, 0.15) is 0 Å². The van der Waals surface area contributed by atoms with Gasteiger partial charge >= 0.3 is 0 Å². The summed E-state index contributed by atoms with van der Waals surface area (Å²) in [7, 11) is 0. The molecule has 0 fully saturated rings. The van der Waals surface area contributed by atoms with E-state index in [9.17, 15) is 0 Å². The smallest absolute Gasteiger partial charge is 0.0362 e. The number of allylic oxidation sites excluding steroid dienone is 4. The monoisotopic (exact) mass is 275 g/mol. The van der Waals surface area contributed by atoms with Gasteiger partial charge in [0.15, 0.2) is 0 Å². The number of rotatable bonds is 8. The second kappa shape index (κ2) is 8.84. The molecule has 0 spiro atoms. The van der Waals surface area contributed by atoms with Crippen molar-refractivity contribution in [1.29, 1.82) is 0 Å². The Balaban J connectivity index is 4.57. The first-order chi connectivity index (χ1) is 9.18. The van der Waals surface area contributed by atoms with Crippen molar-refractivity contribution < 1.29 is 0 Å². The molecule has 0 bridgehead atoms. The molecular weight excluding hydrogens is 242 g/mol. The van der Waals surface area contributed by atoms with Gasteiger partial charge in [-0.3, -0.25) is 0 Å². The third-order valence-electron chi connectivity index (χ3n) is 3.35. The maximum atomic E-state index is 4.25. The van der Waals surface area contributed by atoms with Crippen LogP contribution in [0.25, 0.3) is 0 Å². The SMILES string of the molecule is C=CCN(C/C=C(/C)CCC=C(C)C)C(=C)C(C)(C)C. The first-order valence-electron chi connectivity index (χ1n) is 7.52. The van der Waals surface area contributed by atoms with Crippen molar-refractivity contribution in [2.45, 2.75) is 54.4 Å². The molecule has 0 aromatic rings. The lowest BCUT2D eigenvalue weighted by atomic mass is 9.91. The van der Waals surface area contributed by atoms with Crippen LogP contribution in [-0.4, -0.2) is 18.0 Å². The van der Waals surface area contributed by atoms with Gasteiger partial charge in [0, 0.05) is 24.2 Å². The highest BCUT2D eigenvalue weighted by atomic mass is 15.1. The standard InChI is InChI=1S/C19H33N/c1-9-14-20(18(5)19(6,7)8)15-13-17(4)12-10-11-16(2)3/h9,11,13H,1,5,10,12,14-15H2,2-4,6-8H3/b17-13-. The minimum atomic E-state index is 0.104. The maximum Gasteiger partial charge on any atom is 0.0362 e. The summed E-state index contributed by atoms with van der Waals surface area (Å²) in [4.78, 5) is 2.30. The molecule has 114 valence electrons. The summed E-state index contributed by atoms with van der Waals surface area (Å²) in [5, 5.41) is 0. The summed E-state index contributed by atoms with van der Waals surface area (Å²) < 4.78 is 0. The van der Waals surface area contributed by atoms with Crippen LogP contribution < -0.4 is 0 Å². The Kier molecular flexibility index (Phi) is 8.29. The van der Waals surface area contributed by atoms with Crippen LogP contribution in [-0.2, 0) is 0 Å². The Morgan fingerprint density at radius 3 is 2.10 bits per heavy atom. The fourth-order valence-electron chi connectivity index (χ4n) is 1.88. The fourth-order valence-corrected chi connectivity index (χ4v) is 1.88. The third kappa shape index (κ3) is 8.04. The molecule has 0 N–H and O–H groups in total. The molecule has 0 saturated carbocycles. The number of hydrogen-bond acceptors (Lipinski definition) is 1. The molecule has 0 rings (SSSR count). The van der Waals surface area contributed by atoms with Gasteiger partial charge in [0.25, 0.3) is 0 Å². The minimum Gasteiger partial charge on any atom is -0.367 e. The molecule has 0 amide bonds. The van der Waals surface area contributed by atoms with Gasteiger partial charge in [0.05, 0.1) is 0 Å². The van der Waals surface area contributed by atoms with Crippen molar-refractivity contribution in [3.63, 3.8) is 0 Å². The van der Waals surface area contributed by atoms with E-state index in [2.05, 4.69) is 71.8 Å². The van der Waals surface area contributed by atoms with Crippen molar-refractivity contribution in [2.75, 3.05) is 13.1 Å². The Labute approximate surface area is 126 Å². The molecule has 0 saturated heterocycles. The molecule has 0 unspecified atom stereocenters. The molecule has 1 nitrogen and oxygen atoms in total. The number of nitrogens with zero attached hydrogens (tertiary/aromatic N) is 1. The van der Waals surface area contributed by atoms with Crippen LogP contribution in [0.5, 0.6) is 0 Å². The lowest BCUT2D eigenvalue weighted by Crippen LogP contribution is -2.30. The molecule has 0 aliphatic carbocycles. The van der Waals surface area contributed by atoms with Crippen LogP contribution in [0.4, 0.5) is 0 Å². The molecule has 1 heteroatoms. The molecule has 0 aromatic heterocycles. The fraction of sp³-hybridized carbons (Fsp3) is 0.579. The molecule has 0 aliphatic rings. The van der Waals surface area contributed by atoms with Crippen molar-refractivity contribution in [2.24, 2.45) is 5.41 Å². The molecule has 0 aromatic carbocycles. The second-order valence-electron chi connectivity index (χ2n) is 6.76. The van der Waals surface area contributed by atoms with Crippen molar-refractivity contribution in [1.82, 2.24) is 4.90 Å². The van der Waals surface area contributed by atoms with Gasteiger partial charge in [-0.15, -0.1) is 6.58 Å². The average molecular weight is 275 g/mol. The average Bonchev–Trinajstić information content (AvgIpc) is 2.32. The Morgan fingerprint density at radius 2 is 1.65 bits per heavy atom. The summed E-state index contributed by atoms with van der Waals surface area (Å²) in [5.41, 5.74) is 4.11. The Hall–Kier alpha value is -1.24. The van der Waals surface area contributed by atoms with Crippen LogP contribution >= 0.6 is 0 Å². The van der Waals surface area contributed by atoms with Crippen molar-refractivity contribution in [3.05, 3.63) is 48.2 Å². The predicted octanol–water partition coefficient (Wildman–Crippen LogP) is 5.73. The van der Waals surface area contributed by atoms with Gasteiger partial charge in [-0.1, -0.05) is 56.7 Å². The van der Waals surface area contributed by atoms with Gasteiger partial charge < -0.3 is 4.90 Å². The summed E-state index contributed by atoms with van der Waals surface area (Å²) in [5.74, 6) is 0. The van der Waals surface area contributed by atoms with E-state index in [4.69, 9.17) is 0 Å². The van der Waals surface area contributed by atoms with Crippen LogP contribution in [0.1, 0.15) is 54.4 Å². The van der Waals surface area contributed by atoms with E-state index >= 15 is 0 Å². The van der Waals surface area contributed by atoms with Gasteiger partial charge in [-0.25, -0.2) is 0 Å². The highest BCUT2D eigenvalue weighted by Crippen LogP contribution is 2.26. The zero-order valence-corrected chi connectivity index (χ0v) is 14.4. The normalized spacial score (nSPS) is 12.0. The van der Waals surface area contributed by atoms with Crippen LogP contribution in [0.15, 0.2) is 48.2 Å². The molecule has 0 heterocycles. The molecular formula is C19H33N. The largest absolute Gasteiger partial charge is 0.367 e. The zero-order valence-electron chi connectivity index (χ0n) is 14.4. The van der Waals surface area contributed by atoms with E-state index in [1.165, 1.54) is 16.8 Å². The summed E-state index contributed by atoms with van der Waals surface area (Å²) in [6, 6.07) is 0. The lowest BCUT2D eigenvalue weighted by Gasteiger charge is -2.33. The summed E-state index contributed by atoms with van der Waals surface area (Å²) >= 11 is 0. The minimum absolute atomic E-state index is 0.104. The Bertz CT molecular complexity index is 373. The molecule has 0 aliphatic heterocycles. The molecule has 0 radical (unpaired) electrons. The Morgan fingerprint density at radius 1 is 1.05 bits per heavy atom. The zero-order chi connectivity index (χ0) is 15.8. The van der Waals surface area contributed by atoms with Gasteiger partial charge in [-0.2, -0.15) is 0 Å². The van der Waals surface area contributed by atoms with Gasteiger partial charge in [-0.05, 0) is 33.6 Å². The van der Waals surface area contributed by atoms with Crippen LogP contribution in [0.3, 0.4) is 0 Å². The predicted molar refractivity (Wildman–Crippen MR) is 92.8 cm³/mol. The third-order valence-corrected chi connectivity index (χ3v) is 3.35. The van der Waals surface area contributed by atoms with Gasteiger partial charge in [0.2, 0.25) is 0 Å². The van der Waals surface area contributed by atoms with E-state index in [0.717, 1.165) is 25.9 Å². The van der Waals surface area contributed by atoms with E-state index in [1.807, 2.05) is 6.08 Å². The van der Waals surface area contributed by atoms with E-state index in [0.29, 0.717) is 0 Å². The summed E-state index contributed by atoms with van der Waals surface area (Å²) in [6.07, 6.45) is 8.83. The lowest BCUT2D eigenvalue weighted by molar-refractivity contribution is 0.311. The first-order valence-corrected chi connectivity index (χ1v) is 7.52. The topological polar surface area (TPSA) is 3.24 Å². The van der Waals surface area contributed by atoms with Crippen LogP contribution in [0, 0.1) is 5.41 Å². The van der Waals surface area contributed by atoms with E-state index in [1.54, 1.807) is 0 Å². The molecule has 20 heavy (non-hydrogen) atoms. The second-order valence-corrected chi connectivity index (χ2v) is 6.76. The van der Waals surface area contributed by atoms with E-state index < -0.39 is 0 Å². The highest BCUT2D eigenvalue weighted by Gasteiger charge is 2.19. The van der Waals surface area contributed by atoms with Crippen molar-refractivity contribution in [3.8, 4) is 0 Å². The highest BCUT2D eigenvalue weighted by molar-refractivity contribution is 5.10.